The molecule has 0 aliphatic rings. The summed E-state index contributed by atoms with van der Waals surface area (Å²) < 4.78 is 4.63. The predicted octanol–water partition coefficient (Wildman–Crippen LogP) is 3.18. The Morgan fingerprint density at radius 1 is 1.32 bits per heavy atom. The zero-order valence-corrected chi connectivity index (χ0v) is 16.7. The largest absolute Gasteiger partial charge is 0.464 e. The van der Waals surface area contributed by atoms with Crippen molar-refractivity contribution in [2.75, 3.05) is 7.11 Å². The minimum atomic E-state index is -0.838. The van der Waals surface area contributed by atoms with Gasteiger partial charge in [-0.05, 0) is 11.8 Å². The highest BCUT2D eigenvalue weighted by atomic mass is 32.1. The van der Waals surface area contributed by atoms with Crippen molar-refractivity contribution in [2.45, 2.75) is 59.6 Å². The maximum atomic E-state index is 12.4. The number of rotatable bonds is 9. The van der Waals surface area contributed by atoms with Gasteiger partial charge in [-0.15, -0.1) is 11.3 Å². The van der Waals surface area contributed by atoms with Crippen molar-refractivity contribution in [3.8, 4) is 0 Å². The molecule has 6 nitrogen and oxygen atoms in total. The van der Waals surface area contributed by atoms with Crippen molar-refractivity contribution in [3.63, 3.8) is 0 Å². The van der Waals surface area contributed by atoms with Gasteiger partial charge in [0.2, 0.25) is 5.91 Å². The number of nitrogens with one attached hydrogen (secondary N) is 1. The van der Waals surface area contributed by atoms with Crippen LogP contribution in [0.1, 0.15) is 69.1 Å². The molecule has 0 saturated carbocycles. The molecule has 0 aromatic carbocycles. The van der Waals surface area contributed by atoms with Crippen LogP contribution in [0.15, 0.2) is 5.38 Å². The van der Waals surface area contributed by atoms with Crippen LogP contribution in [-0.2, 0) is 9.53 Å². The van der Waals surface area contributed by atoms with Crippen molar-refractivity contribution < 1.29 is 19.4 Å². The van der Waals surface area contributed by atoms with Gasteiger partial charge in [0.1, 0.15) is 11.1 Å². The number of ether oxygens (including phenoxy) is 1. The summed E-state index contributed by atoms with van der Waals surface area (Å²) in [7, 11) is 1.29. The molecule has 0 saturated heterocycles. The first-order chi connectivity index (χ1) is 11.7. The molecule has 1 heterocycles. The standard InChI is InChI=1S/C18H30N2O4S/c1-7-11(4)12(5)16(22)19-13(10(2)3)8-15(21)17-20-14(9-25-17)18(23)24-6/h9-13,15,21H,7-8H2,1-6H3,(H,19,22)/t11-,12+,13+,15+/m0/s1. The molecule has 1 rings (SSSR count). The smallest absolute Gasteiger partial charge is 0.357 e. The summed E-state index contributed by atoms with van der Waals surface area (Å²) in [5, 5.41) is 15.5. The minimum absolute atomic E-state index is 0.00892. The van der Waals surface area contributed by atoms with Crippen molar-refractivity contribution >= 4 is 23.2 Å². The monoisotopic (exact) mass is 370 g/mol. The number of aliphatic hydroxyl groups excluding tert-OH is 1. The van der Waals surface area contributed by atoms with Gasteiger partial charge in [-0.25, -0.2) is 9.78 Å². The average Bonchev–Trinajstić information content (AvgIpc) is 3.08. The van der Waals surface area contributed by atoms with Gasteiger partial charge in [0.15, 0.2) is 5.69 Å². The summed E-state index contributed by atoms with van der Waals surface area (Å²) in [6.07, 6.45) is 0.457. The summed E-state index contributed by atoms with van der Waals surface area (Å²) in [5.41, 5.74) is 0.192. The van der Waals surface area contributed by atoms with Gasteiger partial charge < -0.3 is 15.2 Å². The van der Waals surface area contributed by atoms with Gasteiger partial charge in [-0.3, -0.25) is 4.79 Å². The van der Waals surface area contributed by atoms with E-state index >= 15 is 0 Å². The van der Waals surface area contributed by atoms with E-state index in [2.05, 4.69) is 28.9 Å². The number of carbonyl (C=O) groups excluding carboxylic acids is 2. The molecule has 1 amide bonds. The Morgan fingerprint density at radius 3 is 2.48 bits per heavy atom. The topological polar surface area (TPSA) is 88.5 Å². The summed E-state index contributed by atoms with van der Waals surface area (Å²) >= 11 is 1.21. The van der Waals surface area contributed by atoms with Crippen LogP contribution in [0.5, 0.6) is 0 Å². The number of nitrogens with zero attached hydrogens (tertiary/aromatic N) is 1. The normalized spacial score (nSPS) is 16.2. The number of hydrogen-bond donors (Lipinski definition) is 2. The summed E-state index contributed by atoms with van der Waals surface area (Å²) in [5.74, 6) is -0.114. The lowest BCUT2D eigenvalue weighted by atomic mass is 9.91. The number of aromatic nitrogens is 1. The highest BCUT2D eigenvalue weighted by molar-refractivity contribution is 7.09. The van der Waals surface area contributed by atoms with Gasteiger partial charge in [-0.2, -0.15) is 0 Å². The first-order valence-electron chi connectivity index (χ1n) is 8.73. The molecule has 25 heavy (non-hydrogen) atoms. The van der Waals surface area contributed by atoms with E-state index in [0.717, 1.165) is 6.42 Å². The van der Waals surface area contributed by atoms with Gasteiger partial charge in [0, 0.05) is 23.8 Å². The van der Waals surface area contributed by atoms with E-state index in [1.54, 1.807) is 5.38 Å². The first kappa shape index (κ1) is 21.6. The fourth-order valence-electron chi connectivity index (χ4n) is 2.40. The molecule has 142 valence electrons. The van der Waals surface area contributed by atoms with E-state index in [-0.39, 0.29) is 29.5 Å². The summed E-state index contributed by atoms with van der Waals surface area (Å²) in [4.78, 5) is 28.0. The third-order valence-electron chi connectivity index (χ3n) is 4.72. The van der Waals surface area contributed by atoms with Gasteiger partial charge in [-0.1, -0.05) is 41.0 Å². The number of esters is 1. The lowest BCUT2D eigenvalue weighted by molar-refractivity contribution is -0.127. The highest BCUT2D eigenvalue weighted by Crippen LogP contribution is 2.25. The van der Waals surface area contributed by atoms with Crippen LogP contribution < -0.4 is 5.32 Å². The molecule has 4 atom stereocenters. The van der Waals surface area contributed by atoms with E-state index in [0.29, 0.717) is 17.3 Å². The Labute approximate surface area is 154 Å². The Hall–Kier alpha value is -1.47. The molecule has 0 bridgehead atoms. The van der Waals surface area contributed by atoms with Crippen LogP contribution in [0, 0.1) is 17.8 Å². The van der Waals surface area contributed by atoms with Gasteiger partial charge in [0.05, 0.1) is 7.11 Å². The molecular formula is C18H30N2O4S. The Morgan fingerprint density at radius 2 is 1.96 bits per heavy atom. The van der Waals surface area contributed by atoms with Gasteiger partial charge in [0.25, 0.3) is 0 Å². The SMILES string of the molecule is CC[C@H](C)[C@@H](C)C(=O)N[C@H](C[C@@H](O)c1nc(C(=O)OC)cs1)C(C)C. The average molecular weight is 371 g/mol. The van der Waals surface area contributed by atoms with E-state index in [1.807, 2.05) is 20.8 Å². The summed E-state index contributed by atoms with van der Waals surface area (Å²) in [6.45, 7) is 10.1. The van der Waals surface area contributed by atoms with Crippen LogP contribution in [0.2, 0.25) is 0 Å². The lowest BCUT2D eigenvalue weighted by Gasteiger charge is -2.27. The highest BCUT2D eigenvalue weighted by Gasteiger charge is 2.26. The number of aliphatic hydroxyl groups is 1. The molecule has 0 aliphatic carbocycles. The van der Waals surface area contributed by atoms with Crippen molar-refractivity contribution in [1.29, 1.82) is 0 Å². The molecule has 0 fully saturated rings. The molecule has 0 spiro atoms. The predicted molar refractivity (Wildman–Crippen MR) is 98.4 cm³/mol. The zero-order valence-electron chi connectivity index (χ0n) is 15.9. The summed E-state index contributed by atoms with van der Waals surface area (Å²) in [6, 6.07) is -0.167. The zero-order chi connectivity index (χ0) is 19.1. The Kier molecular flexibility index (Phi) is 8.52. The fraction of sp³-hybridized carbons (Fsp3) is 0.722. The van der Waals surface area contributed by atoms with Crippen LogP contribution in [0.25, 0.3) is 0 Å². The number of thiazole rings is 1. The van der Waals surface area contributed by atoms with Crippen LogP contribution in [0.3, 0.4) is 0 Å². The number of amides is 1. The van der Waals surface area contributed by atoms with Crippen LogP contribution in [0.4, 0.5) is 0 Å². The Bertz CT molecular complexity index is 573. The maximum Gasteiger partial charge on any atom is 0.357 e. The maximum absolute atomic E-state index is 12.4. The molecule has 0 unspecified atom stereocenters. The molecule has 2 N–H and O–H groups in total. The second-order valence-electron chi connectivity index (χ2n) is 6.85. The van der Waals surface area contributed by atoms with E-state index in [4.69, 9.17) is 0 Å². The van der Waals surface area contributed by atoms with Crippen molar-refractivity contribution in [2.24, 2.45) is 17.8 Å². The first-order valence-corrected chi connectivity index (χ1v) is 9.61. The minimum Gasteiger partial charge on any atom is -0.464 e. The van der Waals surface area contributed by atoms with E-state index in [9.17, 15) is 14.7 Å². The number of carbonyl (C=O) groups is 2. The number of methoxy groups -OCH3 is 1. The lowest BCUT2D eigenvalue weighted by Crippen LogP contribution is -2.43. The molecule has 0 aliphatic heterocycles. The van der Waals surface area contributed by atoms with Crippen LogP contribution >= 0.6 is 11.3 Å². The third-order valence-corrected chi connectivity index (χ3v) is 5.67. The molecule has 0 radical (unpaired) electrons. The fourth-order valence-corrected chi connectivity index (χ4v) is 3.19. The van der Waals surface area contributed by atoms with E-state index < -0.39 is 12.1 Å². The molecule has 7 heteroatoms. The van der Waals surface area contributed by atoms with Gasteiger partial charge >= 0.3 is 5.97 Å². The second-order valence-corrected chi connectivity index (χ2v) is 7.74. The molecular weight excluding hydrogens is 340 g/mol. The van der Waals surface area contributed by atoms with Crippen molar-refractivity contribution in [1.82, 2.24) is 10.3 Å². The quantitative estimate of drug-likeness (QED) is 0.652. The number of hydrogen-bond acceptors (Lipinski definition) is 6. The Balaban J connectivity index is 2.75. The van der Waals surface area contributed by atoms with Crippen LogP contribution in [-0.4, -0.2) is 35.1 Å². The van der Waals surface area contributed by atoms with E-state index in [1.165, 1.54) is 18.4 Å². The molecule has 1 aromatic heterocycles. The third kappa shape index (κ3) is 6.08. The van der Waals surface area contributed by atoms with Crippen molar-refractivity contribution in [3.05, 3.63) is 16.1 Å². The molecule has 1 aromatic rings. The second kappa shape index (κ2) is 9.87.